The van der Waals surface area contributed by atoms with Crippen LogP contribution in [0, 0.1) is 23.2 Å². The van der Waals surface area contributed by atoms with Crippen molar-refractivity contribution in [3.63, 3.8) is 0 Å². The zero-order valence-electron chi connectivity index (χ0n) is 20.4. The number of fused-ring (bicyclic) bond motifs is 1. The van der Waals surface area contributed by atoms with E-state index in [0.29, 0.717) is 35.7 Å². The largest absolute Gasteiger partial charge is 0.390 e. The fraction of sp³-hybridized carbons (Fsp3) is 0.786. The lowest BCUT2D eigenvalue weighted by molar-refractivity contribution is 0.0393. The van der Waals surface area contributed by atoms with E-state index in [4.69, 9.17) is 0 Å². The first-order valence-corrected chi connectivity index (χ1v) is 12.7. The molecule has 0 aromatic heterocycles. The van der Waals surface area contributed by atoms with Gasteiger partial charge in [0.05, 0.1) is 17.8 Å². The van der Waals surface area contributed by atoms with Gasteiger partial charge in [-0.3, -0.25) is 0 Å². The van der Waals surface area contributed by atoms with Crippen LogP contribution in [0.4, 0.5) is 0 Å². The average molecular weight is 431 g/mol. The lowest BCUT2D eigenvalue weighted by Crippen LogP contribution is -2.36. The maximum absolute atomic E-state index is 10.3. The normalized spacial score (nSPS) is 38.1. The summed E-state index contributed by atoms with van der Waals surface area (Å²) in [4.78, 5) is 0. The second kappa shape index (κ2) is 9.93. The number of aliphatic hydroxyl groups excluding tert-OH is 2. The van der Waals surface area contributed by atoms with Crippen molar-refractivity contribution >= 4 is 0 Å². The molecule has 0 aromatic carbocycles. The molecule has 0 spiro atoms. The molecule has 176 valence electrons. The summed E-state index contributed by atoms with van der Waals surface area (Å²) in [6, 6.07) is 0. The molecule has 31 heavy (non-hydrogen) atoms. The second-order valence-electron chi connectivity index (χ2n) is 11.4. The number of hydrogen-bond acceptors (Lipinski definition) is 3. The highest BCUT2D eigenvalue weighted by Crippen LogP contribution is 2.60. The maximum atomic E-state index is 10.3. The molecule has 3 nitrogen and oxygen atoms in total. The van der Waals surface area contributed by atoms with Gasteiger partial charge in [-0.05, 0) is 93.5 Å². The number of aliphatic hydroxyl groups is 3. The van der Waals surface area contributed by atoms with E-state index in [1.54, 1.807) is 5.57 Å². The molecule has 0 bridgehead atoms. The van der Waals surface area contributed by atoms with Crippen molar-refractivity contribution in [1.82, 2.24) is 0 Å². The van der Waals surface area contributed by atoms with Crippen molar-refractivity contribution < 1.29 is 15.3 Å². The Morgan fingerprint density at radius 3 is 2.52 bits per heavy atom. The molecule has 0 amide bonds. The summed E-state index contributed by atoms with van der Waals surface area (Å²) in [6.07, 6.45) is 14.9. The summed E-state index contributed by atoms with van der Waals surface area (Å²) < 4.78 is 0. The van der Waals surface area contributed by atoms with Gasteiger partial charge in [-0.25, -0.2) is 0 Å². The third kappa shape index (κ3) is 5.54. The monoisotopic (exact) mass is 430 g/mol. The van der Waals surface area contributed by atoms with Gasteiger partial charge in [-0.2, -0.15) is 0 Å². The van der Waals surface area contributed by atoms with Crippen molar-refractivity contribution in [3.05, 3.63) is 35.5 Å². The Hall–Kier alpha value is -0.900. The summed E-state index contributed by atoms with van der Waals surface area (Å²) in [6.45, 7) is 12.8. The molecule has 0 saturated heterocycles. The van der Waals surface area contributed by atoms with Crippen LogP contribution in [0.25, 0.3) is 0 Å². The molecule has 3 aliphatic rings. The second-order valence-corrected chi connectivity index (χ2v) is 11.4. The van der Waals surface area contributed by atoms with E-state index in [0.717, 1.165) is 30.8 Å². The van der Waals surface area contributed by atoms with Gasteiger partial charge in [-0.1, -0.05) is 63.5 Å². The molecule has 0 aliphatic heterocycles. The standard InChI is InChI=1S/C28H46O3/c1-6-27(4,31)15-7-9-19(2)23-13-14-24-22(10-8-16-28(23,24)5)12-11-21-17-25(29)20(3)26(30)18-21/h11-12,19,23-26,29-31H,3,6-10,13-18H2,1-2,4-5H3/b22-12+/t19?,23?,24?,25-,26-,27?,28-/m1/s1. The Morgan fingerprint density at radius 2 is 1.87 bits per heavy atom. The molecule has 3 fully saturated rings. The highest BCUT2D eigenvalue weighted by atomic mass is 16.3. The molecular weight excluding hydrogens is 384 g/mol. The van der Waals surface area contributed by atoms with Crippen LogP contribution in [-0.4, -0.2) is 33.1 Å². The predicted octanol–water partition coefficient (Wildman–Crippen LogP) is 6.09. The maximum Gasteiger partial charge on any atom is 0.0809 e. The molecule has 3 N–H and O–H groups in total. The SMILES string of the molecule is C=C1[C@H](O)CC(=C/C=C2\CCC[C@@]3(C)C2CCC3C(C)CCCC(C)(O)CC)C[C@H]1O. The van der Waals surface area contributed by atoms with E-state index in [-0.39, 0.29) is 0 Å². The highest BCUT2D eigenvalue weighted by Gasteiger charge is 2.50. The van der Waals surface area contributed by atoms with Crippen LogP contribution in [-0.2, 0) is 0 Å². The molecular formula is C28H46O3. The van der Waals surface area contributed by atoms with Gasteiger partial charge in [0.2, 0.25) is 0 Å². The molecule has 3 aliphatic carbocycles. The van der Waals surface area contributed by atoms with Gasteiger partial charge in [0.15, 0.2) is 0 Å². The van der Waals surface area contributed by atoms with Crippen LogP contribution < -0.4 is 0 Å². The van der Waals surface area contributed by atoms with Crippen LogP contribution >= 0.6 is 0 Å². The van der Waals surface area contributed by atoms with Gasteiger partial charge in [-0.15, -0.1) is 0 Å². The number of rotatable bonds is 7. The quantitative estimate of drug-likeness (QED) is 0.428. The third-order valence-electron chi connectivity index (χ3n) is 9.16. The van der Waals surface area contributed by atoms with Crippen molar-refractivity contribution in [2.75, 3.05) is 0 Å². The van der Waals surface area contributed by atoms with Crippen molar-refractivity contribution in [1.29, 1.82) is 0 Å². The van der Waals surface area contributed by atoms with Gasteiger partial charge >= 0.3 is 0 Å². The molecule has 7 atom stereocenters. The smallest absolute Gasteiger partial charge is 0.0809 e. The average Bonchev–Trinajstić information content (AvgIpc) is 3.07. The molecule has 0 heterocycles. The highest BCUT2D eigenvalue weighted by molar-refractivity contribution is 5.29. The first-order valence-electron chi connectivity index (χ1n) is 12.7. The fourth-order valence-electron chi connectivity index (χ4n) is 6.82. The fourth-order valence-corrected chi connectivity index (χ4v) is 6.82. The predicted molar refractivity (Wildman–Crippen MR) is 129 cm³/mol. The first-order chi connectivity index (χ1) is 14.6. The van der Waals surface area contributed by atoms with Crippen LogP contribution in [0.15, 0.2) is 35.5 Å². The van der Waals surface area contributed by atoms with E-state index in [1.807, 2.05) is 6.92 Å². The zero-order chi connectivity index (χ0) is 22.8. The molecule has 0 radical (unpaired) electrons. The summed E-state index contributed by atoms with van der Waals surface area (Å²) in [5.41, 5.74) is 3.15. The Kier molecular flexibility index (Phi) is 7.92. The zero-order valence-corrected chi connectivity index (χ0v) is 20.4. The minimum absolute atomic E-state index is 0.384. The minimum Gasteiger partial charge on any atom is -0.390 e. The van der Waals surface area contributed by atoms with E-state index < -0.39 is 17.8 Å². The Bertz CT molecular complexity index is 687. The van der Waals surface area contributed by atoms with Crippen LogP contribution in [0.5, 0.6) is 0 Å². The van der Waals surface area contributed by atoms with Crippen molar-refractivity contribution in [2.45, 2.75) is 116 Å². The van der Waals surface area contributed by atoms with E-state index in [1.165, 1.54) is 38.5 Å². The molecule has 3 heteroatoms. The van der Waals surface area contributed by atoms with Crippen LogP contribution in [0.2, 0.25) is 0 Å². The lowest BCUT2D eigenvalue weighted by Gasteiger charge is -2.44. The molecule has 4 unspecified atom stereocenters. The van der Waals surface area contributed by atoms with Crippen LogP contribution in [0.1, 0.15) is 98.3 Å². The Labute approximate surface area is 190 Å². The Morgan fingerprint density at radius 1 is 1.19 bits per heavy atom. The number of allylic oxidation sites excluding steroid dienone is 3. The summed E-state index contributed by atoms with van der Waals surface area (Å²) in [5.74, 6) is 2.13. The minimum atomic E-state index is -0.616. The molecule has 0 aromatic rings. The summed E-state index contributed by atoms with van der Waals surface area (Å²) in [5, 5.41) is 30.6. The van der Waals surface area contributed by atoms with Gasteiger partial charge in [0.1, 0.15) is 0 Å². The van der Waals surface area contributed by atoms with Crippen LogP contribution in [0.3, 0.4) is 0 Å². The van der Waals surface area contributed by atoms with Gasteiger partial charge in [0, 0.05) is 0 Å². The number of hydrogen-bond donors (Lipinski definition) is 3. The summed E-state index contributed by atoms with van der Waals surface area (Å²) >= 11 is 0. The molecule has 3 rings (SSSR count). The third-order valence-corrected chi connectivity index (χ3v) is 9.16. The topological polar surface area (TPSA) is 60.7 Å². The lowest BCUT2D eigenvalue weighted by atomic mass is 9.60. The van der Waals surface area contributed by atoms with Crippen molar-refractivity contribution in [3.8, 4) is 0 Å². The van der Waals surface area contributed by atoms with E-state index in [9.17, 15) is 15.3 Å². The Balaban J connectivity index is 1.66. The van der Waals surface area contributed by atoms with Gasteiger partial charge < -0.3 is 15.3 Å². The van der Waals surface area contributed by atoms with E-state index >= 15 is 0 Å². The first kappa shape index (κ1) is 24.7. The van der Waals surface area contributed by atoms with Gasteiger partial charge in [0.25, 0.3) is 0 Å². The molecule has 3 saturated carbocycles. The summed E-state index contributed by atoms with van der Waals surface area (Å²) in [7, 11) is 0. The van der Waals surface area contributed by atoms with E-state index in [2.05, 4.69) is 39.5 Å². The van der Waals surface area contributed by atoms with Crippen molar-refractivity contribution in [2.24, 2.45) is 23.2 Å².